The van der Waals surface area contributed by atoms with Crippen LogP contribution in [-0.2, 0) is 6.54 Å². The molecule has 0 heterocycles. The molecule has 0 fully saturated rings. The summed E-state index contributed by atoms with van der Waals surface area (Å²) >= 11 is 3.37. The van der Waals surface area contributed by atoms with Crippen molar-refractivity contribution < 1.29 is 9.59 Å². The van der Waals surface area contributed by atoms with Crippen LogP contribution >= 0.6 is 15.9 Å². The van der Waals surface area contributed by atoms with Crippen molar-refractivity contribution in [3.8, 4) is 0 Å². The van der Waals surface area contributed by atoms with Crippen LogP contribution in [0, 0.1) is 0 Å². The highest BCUT2D eigenvalue weighted by Gasteiger charge is 2.13. The third-order valence-electron chi connectivity index (χ3n) is 3.07. The Morgan fingerprint density at radius 3 is 2.33 bits per heavy atom. The molecule has 0 aliphatic rings. The van der Waals surface area contributed by atoms with Gasteiger partial charge in [-0.05, 0) is 35.9 Å². The number of halogens is 1. The highest BCUT2D eigenvalue weighted by molar-refractivity contribution is 9.10. The molecule has 2 aromatic rings. The molecule has 2 amide bonds. The van der Waals surface area contributed by atoms with Gasteiger partial charge in [0.25, 0.3) is 5.91 Å². The third-order valence-corrected chi connectivity index (χ3v) is 3.60. The zero-order chi connectivity index (χ0) is 15.4. The largest absolute Gasteiger partial charge is 0.366 e. The summed E-state index contributed by atoms with van der Waals surface area (Å²) in [6, 6.07) is 14.2. The van der Waals surface area contributed by atoms with Gasteiger partial charge < -0.3 is 10.6 Å². The number of carbonyl (C=O) groups excluding carboxylic acids is 2. The van der Waals surface area contributed by atoms with Crippen molar-refractivity contribution in [3.05, 3.63) is 69.7 Å². The van der Waals surface area contributed by atoms with E-state index in [0.29, 0.717) is 17.7 Å². The van der Waals surface area contributed by atoms with Crippen molar-refractivity contribution in [2.45, 2.75) is 6.54 Å². The topological polar surface area (TPSA) is 63.4 Å². The van der Waals surface area contributed by atoms with Gasteiger partial charge in [0.05, 0.1) is 0 Å². The number of amides is 2. The first kappa shape index (κ1) is 15.3. The molecule has 0 aliphatic heterocycles. The molecule has 0 atom stereocenters. The maximum absolute atomic E-state index is 12.4. The number of hydrogen-bond acceptors (Lipinski definition) is 2. The molecule has 0 bridgehead atoms. The Bertz CT molecular complexity index is 668. The van der Waals surface area contributed by atoms with Crippen LogP contribution in [0.2, 0.25) is 0 Å². The van der Waals surface area contributed by atoms with Gasteiger partial charge in [-0.3, -0.25) is 9.59 Å². The maximum Gasteiger partial charge on any atom is 0.253 e. The van der Waals surface area contributed by atoms with E-state index in [1.807, 2.05) is 24.3 Å². The molecule has 21 heavy (non-hydrogen) atoms. The Morgan fingerprint density at radius 1 is 1.10 bits per heavy atom. The summed E-state index contributed by atoms with van der Waals surface area (Å²) in [6.07, 6.45) is 0. The van der Waals surface area contributed by atoms with Crippen LogP contribution in [0.3, 0.4) is 0 Å². The smallest absolute Gasteiger partial charge is 0.253 e. The number of carbonyl (C=O) groups is 2. The van der Waals surface area contributed by atoms with Gasteiger partial charge in [-0.25, -0.2) is 0 Å². The summed E-state index contributed by atoms with van der Waals surface area (Å²) in [5.41, 5.74) is 7.04. The number of benzene rings is 2. The van der Waals surface area contributed by atoms with Gasteiger partial charge in [-0.2, -0.15) is 0 Å². The average Bonchev–Trinajstić information content (AvgIpc) is 2.49. The average molecular weight is 347 g/mol. The van der Waals surface area contributed by atoms with Crippen molar-refractivity contribution in [3.63, 3.8) is 0 Å². The first-order chi connectivity index (χ1) is 9.97. The number of hydrogen-bond donors (Lipinski definition) is 1. The molecular formula is C16H15BrN2O2. The van der Waals surface area contributed by atoms with Gasteiger partial charge in [0.1, 0.15) is 0 Å². The van der Waals surface area contributed by atoms with Crippen LogP contribution in [0.4, 0.5) is 0 Å². The Morgan fingerprint density at radius 2 is 1.71 bits per heavy atom. The predicted molar refractivity (Wildman–Crippen MR) is 84.9 cm³/mol. The Balaban J connectivity index is 2.13. The lowest BCUT2D eigenvalue weighted by atomic mass is 10.1. The molecule has 4 nitrogen and oxygen atoms in total. The zero-order valence-electron chi connectivity index (χ0n) is 11.5. The Hall–Kier alpha value is -2.14. The monoisotopic (exact) mass is 346 g/mol. The van der Waals surface area contributed by atoms with E-state index in [1.165, 1.54) is 6.07 Å². The number of nitrogens with zero attached hydrogens (tertiary/aromatic N) is 1. The maximum atomic E-state index is 12.4. The van der Waals surface area contributed by atoms with E-state index in [0.717, 1.165) is 10.0 Å². The normalized spacial score (nSPS) is 10.2. The SMILES string of the molecule is CN(Cc1ccc(Br)cc1)C(=O)c1cccc(C(N)=O)c1. The molecular weight excluding hydrogens is 332 g/mol. The highest BCUT2D eigenvalue weighted by Crippen LogP contribution is 2.13. The van der Waals surface area contributed by atoms with Crippen molar-refractivity contribution in [1.29, 1.82) is 0 Å². The van der Waals surface area contributed by atoms with E-state index in [4.69, 9.17) is 5.73 Å². The van der Waals surface area contributed by atoms with E-state index in [-0.39, 0.29) is 5.91 Å². The minimum atomic E-state index is -0.541. The van der Waals surface area contributed by atoms with E-state index < -0.39 is 5.91 Å². The highest BCUT2D eigenvalue weighted by atomic mass is 79.9. The molecule has 0 aromatic heterocycles. The van der Waals surface area contributed by atoms with Crippen molar-refractivity contribution in [2.75, 3.05) is 7.05 Å². The van der Waals surface area contributed by atoms with E-state index in [2.05, 4.69) is 15.9 Å². The molecule has 2 rings (SSSR count). The van der Waals surface area contributed by atoms with E-state index in [1.54, 1.807) is 30.1 Å². The fourth-order valence-electron chi connectivity index (χ4n) is 1.96. The summed E-state index contributed by atoms with van der Waals surface area (Å²) in [7, 11) is 1.72. The van der Waals surface area contributed by atoms with E-state index >= 15 is 0 Å². The van der Waals surface area contributed by atoms with Crippen molar-refractivity contribution >= 4 is 27.7 Å². The minimum absolute atomic E-state index is 0.152. The molecule has 0 saturated carbocycles. The van der Waals surface area contributed by atoms with E-state index in [9.17, 15) is 9.59 Å². The van der Waals surface area contributed by atoms with Gasteiger partial charge in [0, 0.05) is 29.2 Å². The molecule has 0 unspecified atom stereocenters. The van der Waals surface area contributed by atoms with Crippen molar-refractivity contribution in [2.24, 2.45) is 5.73 Å². The second kappa shape index (κ2) is 6.54. The van der Waals surface area contributed by atoms with Crippen LogP contribution in [-0.4, -0.2) is 23.8 Å². The zero-order valence-corrected chi connectivity index (χ0v) is 13.1. The fourth-order valence-corrected chi connectivity index (χ4v) is 2.23. The number of rotatable bonds is 4. The lowest BCUT2D eigenvalue weighted by Crippen LogP contribution is -2.26. The van der Waals surface area contributed by atoms with Crippen molar-refractivity contribution in [1.82, 2.24) is 4.90 Å². The Kier molecular flexibility index (Phi) is 4.75. The van der Waals surface area contributed by atoms with Gasteiger partial charge in [-0.15, -0.1) is 0 Å². The van der Waals surface area contributed by atoms with Gasteiger partial charge in [-0.1, -0.05) is 34.1 Å². The molecule has 5 heteroatoms. The number of primary amides is 1. The molecule has 0 saturated heterocycles. The quantitative estimate of drug-likeness (QED) is 0.924. The summed E-state index contributed by atoms with van der Waals surface area (Å²) < 4.78 is 0.995. The lowest BCUT2D eigenvalue weighted by Gasteiger charge is -2.17. The van der Waals surface area contributed by atoms with Gasteiger partial charge in [0.2, 0.25) is 5.91 Å². The summed E-state index contributed by atoms with van der Waals surface area (Å²) in [6.45, 7) is 0.493. The lowest BCUT2D eigenvalue weighted by molar-refractivity contribution is 0.0785. The van der Waals surface area contributed by atoms with Crippen LogP contribution in [0.1, 0.15) is 26.3 Å². The minimum Gasteiger partial charge on any atom is -0.366 e. The number of nitrogens with two attached hydrogens (primary N) is 1. The summed E-state index contributed by atoms with van der Waals surface area (Å²) in [5, 5.41) is 0. The molecule has 0 aliphatic carbocycles. The van der Waals surface area contributed by atoms with Crippen LogP contribution in [0.5, 0.6) is 0 Å². The summed E-state index contributed by atoms with van der Waals surface area (Å²) in [5.74, 6) is -0.693. The molecule has 0 radical (unpaired) electrons. The van der Waals surface area contributed by atoms with Gasteiger partial charge in [0.15, 0.2) is 0 Å². The first-order valence-corrected chi connectivity index (χ1v) is 7.16. The predicted octanol–water partition coefficient (Wildman–Crippen LogP) is 2.82. The fraction of sp³-hybridized carbons (Fsp3) is 0.125. The molecule has 108 valence electrons. The van der Waals surface area contributed by atoms with Crippen LogP contribution in [0.15, 0.2) is 53.0 Å². The van der Waals surface area contributed by atoms with Crippen LogP contribution < -0.4 is 5.73 Å². The Labute approximate surface area is 131 Å². The summed E-state index contributed by atoms with van der Waals surface area (Å²) in [4.78, 5) is 25.1. The van der Waals surface area contributed by atoms with Crippen LogP contribution in [0.25, 0.3) is 0 Å². The first-order valence-electron chi connectivity index (χ1n) is 6.37. The molecule has 2 N–H and O–H groups in total. The molecule has 2 aromatic carbocycles. The molecule has 0 spiro atoms. The standard InChI is InChI=1S/C16H15BrN2O2/c1-19(10-11-5-7-14(17)8-6-11)16(21)13-4-2-3-12(9-13)15(18)20/h2-9H,10H2,1H3,(H2,18,20). The second-order valence-electron chi connectivity index (χ2n) is 4.73. The second-order valence-corrected chi connectivity index (χ2v) is 5.65. The van der Waals surface area contributed by atoms with Gasteiger partial charge >= 0.3 is 0 Å². The third kappa shape index (κ3) is 3.92.